The van der Waals surface area contributed by atoms with E-state index in [2.05, 4.69) is 20.8 Å². The van der Waals surface area contributed by atoms with Crippen LogP contribution in [0.25, 0.3) is 5.69 Å². The van der Waals surface area contributed by atoms with Crippen molar-refractivity contribution in [2.75, 3.05) is 19.0 Å². The van der Waals surface area contributed by atoms with E-state index < -0.39 is 22.3 Å². The van der Waals surface area contributed by atoms with Crippen LogP contribution < -0.4 is 14.8 Å². The molecule has 0 unspecified atom stereocenters. The summed E-state index contributed by atoms with van der Waals surface area (Å²) in [5.74, 6) is -0.937. The highest BCUT2D eigenvalue weighted by atomic mass is 19.1. The minimum absolute atomic E-state index is 0.116. The first-order chi connectivity index (χ1) is 14.3. The van der Waals surface area contributed by atoms with Gasteiger partial charge in [0, 0.05) is 6.07 Å². The van der Waals surface area contributed by atoms with Crippen LogP contribution in [0.4, 0.5) is 15.8 Å². The van der Waals surface area contributed by atoms with E-state index in [1.807, 2.05) is 0 Å². The van der Waals surface area contributed by atoms with Gasteiger partial charge in [-0.2, -0.15) is 4.68 Å². The maximum Gasteiger partial charge on any atom is 0.286 e. The smallest absolute Gasteiger partial charge is 0.286 e. The molecular formula is C18H17FN6O5. The van der Waals surface area contributed by atoms with Gasteiger partial charge in [0.05, 0.1) is 36.1 Å². The summed E-state index contributed by atoms with van der Waals surface area (Å²) in [5.41, 5.74) is -0.629. The second-order valence-electron chi connectivity index (χ2n) is 5.97. The minimum atomic E-state index is -0.896. The monoisotopic (exact) mass is 416 g/mol. The SMILES string of the molecule is CCOc1cc([N+](=O)[O-])c(C(=O)Nc2cc(-n3nnnc3C)ccc2F)cc1OC. The van der Waals surface area contributed by atoms with E-state index in [1.165, 1.54) is 30.0 Å². The Kier molecular flexibility index (Phi) is 5.85. The zero-order valence-electron chi connectivity index (χ0n) is 16.2. The van der Waals surface area contributed by atoms with Crippen molar-refractivity contribution < 1.29 is 23.6 Å². The molecule has 0 spiro atoms. The lowest BCUT2D eigenvalue weighted by atomic mass is 10.1. The van der Waals surface area contributed by atoms with Crippen molar-refractivity contribution in [3.05, 3.63) is 57.7 Å². The molecule has 0 radical (unpaired) electrons. The van der Waals surface area contributed by atoms with E-state index in [0.717, 1.165) is 12.1 Å². The Bertz CT molecular complexity index is 1120. The Morgan fingerprint density at radius 2 is 2.07 bits per heavy atom. The predicted molar refractivity (Wildman–Crippen MR) is 103 cm³/mol. The number of nitrogens with zero attached hydrogens (tertiary/aromatic N) is 5. The molecule has 0 fully saturated rings. The Hall–Kier alpha value is -4.09. The van der Waals surface area contributed by atoms with Crippen LogP contribution in [-0.4, -0.2) is 44.8 Å². The van der Waals surface area contributed by atoms with Crippen LogP contribution in [0.3, 0.4) is 0 Å². The van der Waals surface area contributed by atoms with Gasteiger partial charge in [-0.15, -0.1) is 5.10 Å². The highest BCUT2D eigenvalue weighted by Gasteiger charge is 2.25. The maximum absolute atomic E-state index is 14.3. The lowest BCUT2D eigenvalue weighted by Gasteiger charge is -2.13. The molecule has 156 valence electrons. The lowest BCUT2D eigenvalue weighted by Crippen LogP contribution is -2.16. The number of carbonyl (C=O) groups is 1. The third-order valence-corrected chi connectivity index (χ3v) is 4.09. The molecular weight excluding hydrogens is 399 g/mol. The van der Waals surface area contributed by atoms with Crippen LogP contribution in [0.5, 0.6) is 11.5 Å². The van der Waals surface area contributed by atoms with Gasteiger partial charge in [0.2, 0.25) is 0 Å². The van der Waals surface area contributed by atoms with Gasteiger partial charge >= 0.3 is 0 Å². The number of hydrogen-bond acceptors (Lipinski definition) is 8. The molecule has 0 atom stereocenters. The van der Waals surface area contributed by atoms with E-state index in [-0.39, 0.29) is 29.4 Å². The van der Waals surface area contributed by atoms with Crippen LogP contribution in [-0.2, 0) is 0 Å². The molecule has 1 aromatic heterocycles. The fourth-order valence-electron chi connectivity index (χ4n) is 2.71. The summed E-state index contributed by atoms with van der Waals surface area (Å²) in [7, 11) is 1.34. The number of nitro benzene ring substituents is 1. The van der Waals surface area contributed by atoms with E-state index in [0.29, 0.717) is 11.5 Å². The molecule has 30 heavy (non-hydrogen) atoms. The Labute approximate surface area is 169 Å². The first-order valence-electron chi connectivity index (χ1n) is 8.71. The molecule has 2 aromatic carbocycles. The molecule has 0 aliphatic carbocycles. The second-order valence-corrected chi connectivity index (χ2v) is 5.97. The molecule has 0 saturated heterocycles. The summed E-state index contributed by atoms with van der Waals surface area (Å²) in [4.78, 5) is 23.5. The average molecular weight is 416 g/mol. The molecule has 3 rings (SSSR count). The van der Waals surface area contributed by atoms with Crippen LogP contribution in [0.2, 0.25) is 0 Å². The third-order valence-electron chi connectivity index (χ3n) is 4.09. The average Bonchev–Trinajstić information content (AvgIpc) is 3.15. The fourth-order valence-corrected chi connectivity index (χ4v) is 2.71. The second kappa shape index (κ2) is 8.51. The van der Waals surface area contributed by atoms with Gasteiger partial charge in [-0.3, -0.25) is 14.9 Å². The normalized spacial score (nSPS) is 10.5. The Morgan fingerprint density at radius 1 is 1.30 bits per heavy atom. The number of anilines is 1. The zero-order chi connectivity index (χ0) is 21.8. The molecule has 1 amide bonds. The number of nitro groups is 1. The Morgan fingerprint density at radius 3 is 2.67 bits per heavy atom. The lowest BCUT2D eigenvalue weighted by molar-refractivity contribution is -0.385. The molecule has 12 heteroatoms. The molecule has 0 aliphatic rings. The number of aromatic nitrogens is 4. The van der Waals surface area contributed by atoms with Crippen molar-refractivity contribution in [3.8, 4) is 17.2 Å². The Balaban J connectivity index is 2.00. The summed E-state index contributed by atoms with van der Waals surface area (Å²) in [5, 5.41) is 24.9. The van der Waals surface area contributed by atoms with Crippen molar-refractivity contribution in [2.24, 2.45) is 0 Å². The molecule has 1 N–H and O–H groups in total. The van der Waals surface area contributed by atoms with Crippen molar-refractivity contribution in [1.82, 2.24) is 20.2 Å². The van der Waals surface area contributed by atoms with Crippen molar-refractivity contribution in [2.45, 2.75) is 13.8 Å². The largest absolute Gasteiger partial charge is 0.493 e. The first kappa shape index (κ1) is 20.6. The number of rotatable bonds is 7. The van der Waals surface area contributed by atoms with Crippen molar-refractivity contribution >= 4 is 17.3 Å². The van der Waals surface area contributed by atoms with Gasteiger partial charge < -0.3 is 14.8 Å². The van der Waals surface area contributed by atoms with Gasteiger partial charge in [0.15, 0.2) is 17.3 Å². The summed E-state index contributed by atoms with van der Waals surface area (Å²) < 4.78 is 26.1. The number of methoxy groups -OCH3 is 1. The molecule has 0 aliphatic heterocycles. The first-order valence-corrected chi connectivity index (χ1v) is 8.71. The number of nitrogens with one attached hydrogen (secondary N) is 1. The van der Waals surface area contributed by atoms with Crippen LogP contribution >= 0.6 is 0 Å². The van der Waals surface area contributed by atoms with E-state index in [1.54, 1.807) is 13.8 Å². The van der Waals surface area contributed by atoms with Crippen LogP contribution in [0.1, 0.15) is 23.1 Å². The van der Waals surface area contributed by atoms with Crippen molar-refractivity contribution in [1.29, 1.82) is 0 Å². The van der Waals surface area contributed by atoms with Gasteiger partial charge in [-0.1, -0.05) is 0 Å². The molecule has 11 nitrogen and oxygen atoms in total. The number of halogens is 1. The van der Waals surface area contributed by atoms with Crippen LogP contribution in [0, 0.1) is 22.9 Å². The van der Waals surface area contributed by atoms with E-state index in [4.69, 9.17) is 9.47 Å². The van der Waals surface area contributed by atoms with E-state index >= 15 is 0 Å². The zero-order valence-corrected chi connectivity index (χ0v) is 16.2. The topological polar surface area (TPSA) is 134 Å². The van der Waals surface area contributed by atoms with Crippen molar-refractivity contribution in [3.63, 3.8) is 0 Å². The summed E-state index contributed by atoms with van der Waals surface area (Å²) in [6.45, 7) is 3.60. The minimum Gasteiger partial charge on any atom is -0.493 e. The number of amides is 1. The van der Waals surface area contributed by atoms with Gasteiger partial charge in [0.25, 0.3) is 11.6 Å². The summed E-state index contributed by atoms with van der Waals surface area (Å²) >= 11 is 0. The number of benzene rings is 2. The molecule has 1 heterocycles. The summed E-state index contributed by atoms with van der Waals surface area (Å²) in [6.07, 6.45) is 0. The number of hydrogen-bond donors (Lipinski definition) is 1. The van der Waals surface area contributed by atoms with Gasteiger partial charge in [-0.05, 0) is 42.5 Å². The fraction of sp³-hybridized carbons (Fsp3) is 0.222. The van der Waals surface area contributed by atoms with Gasteiger partial charge in [0.1, 0.15) is 11.4 Å². The predicted octanol–water partition coefficient (Wildman–Crippen LogP) is 2.68. The number of tetrazole rings is 1. The number of carbonyl (C=O) groups excluding carboxylic acids is 1. The highest BCUT2D eigenvalue weighted by Crippen LogP contribution is 2.35. The maximum atomic E-state index is 14.3. The van der Waals surface area contributed by atoms with Gasteiger partial charge in [-0.25, -0.2) is 4.39 Å². The number of aryl methyl sites for hydroxylation is 1. The third kappa shape index (κ3) is 4.01. The highest BCUT2D eigenvalue weighted by molar-refractivity contribution is 6.07. The molecule has 3 aromatic rings. The summed E-state index contributed by atoms with van der Waals surface area (Å²) in [6, 6.07) is 6.13. The number of ether oxygens (including phenoxy) is 2. The van der Waals surface area contributed by atoms with E-state index in [9.17, 15) is 19.3 Å². The molecule has 0 bridgehead atoms. The standard InChI is InChI=1S/C18H17FN6O5/c1-4-30-17-9-15(25(27)28)12(8-16(17)29-3)18(26)20-14-7-11(5-6-13(14)19)24-10(2)21-22-23-24/h5-9H,4H2,1-3H3,(H,20,26). The molecule has 0 saturated carbocycles. The van der Waals surface area contributed by atoms with Crippen LogP contribution in [0.15, 0.2) is 30.3 Å². The quantitative estimate of drug-likeness (QED) is 0.459.